The van der Waals surface area contributed by atoms with E-state index in [1.807, 2.05) is 0 Å². The smallest absolute Gasteiger partial charge is 0.237 e. The van der Waals surface area contributed by atoms with Crippen molar-refractivity contribution in [2.75, 3.05) is 13.7 Å². The molecule has 1 heterocycles. The number of fused-ring (bicyclic) bond motifs is 1. The van der Waals surface area contributed by atoms with Crippen molar-refractivity contribution in [1.82, 2.24) is 10.6 Å². The van der Waals surface area contributed by atoms with Gasteiger partial charge in [0.05, 0.1) is 18.7 Å². The predicted molar refractivity (Wildman–Crippen MR) is 80.6 cm³/mol. The van der Waals surface area contributed by atoms with Gasteiger partial charge in [0, 0.05) is 13.2 Å². The molecular formula is C16H30N2O2. The van der Waals surface area contributed by atoms with Gasteiger partial charge in [-0.05, 0) is 31.6 Å². The van der Waals surface area contributed by atoms with E-state index in [0.717, 1.165) is 31.6 Å². The zero-order chi connectivity index (χ0) is 14.4. The van der Waals surface area contributed by atoms with E-state index < -0.39 is 0 Å². The molecule has 2 N–H and O–H groups in total. The van der Waals surface area contributed by atoms with Crippen LogP contribution in [-0.4, -0.2) is 37.7 Å². The van der Waals surface area contributed by atoms with Gasteiger partial charge in [-0.2, -0.15) is 0 Å². The van der Waals surface area contributed by atoms with Crippen LogP contribution in [0.4, 0.5) is 0 Å². The van der Waals surface area contributed by atoms with Crippen LogP contribution in [0.5, 0.6) is 0 Å². The first kappa shape index (κ1) is 15.8. The molecule has 4 nitrogen and oxygen atoms in total. The first-order valence-corrected chi connectivity index (χ1v) is 8.30. The van der Waals surface area contributed by atoms with Crippen molar-refractivity contribution in [3.8, 4) is 0 Å². The van der Waals surface area contributed by atoms with Gasteiger partial charge < -0.3 is 15.4 Å². The quantitative estimate of drug-likeness (QED) is 0.753. The lowest BCUT2D eigenvalue weighted by Crippen LogP contribution is -2.48. The molecule has 4 unspecified atom stereocenters. The molecule has 2 fully saturated rings. The largest absolute Gasteiger partial charge is 0.383 e. The molecule has 1 saturated carbocycles. The number of carbonyl (C=O) groups is 1. The molecular weight excluding hydrogens is 252 g/mol. The van der Waals surface area contributed by atoms with E-state index >= 15 is 0 Å². The Hall–Kier alpha value is -0.610. The summed E-state index contributed by atoms with van der Waals surface area (Å²) in [6, 6.07) is 0.761. The molecule has 0 radical (unpaired) electrons. The molecule has 0 bridgehead atoms. The van der Waals surface area contributed by atoms with E-state index in [1.165, 1.54) is 25.7 Å². The first-order chi connectivity index (χ1) is 9.74. The molecule has 0 aromatic heterocycles. The van der Waals surface area contributed by atoms with E-state index in [0.29, 0.717) is 12.6 Å². The van der Waals surface area contributed by atoms with E-state index in [-0.39, 0.29) is 18.0 Å². The van der Waals surface area contributed by atoms with Crippen LogP contribution in [0.25, 0.3) is 0 Å². The van der Waals surface area contributed by atoms with Crippen molar-refractivity contribution in [3.05, 3.63) is 0 Å². The highest BCUT2D eigenvalue weighted by Crippen LogP contribution is 2.33. The summed E-state index contributed by atoms with van der Waals surface area (Å²) in [4.78, 5) is 12.4. The van der Waals surface area contributed by atoms with Crippen molar-refractivity contribution in [1.29, 1.82) is 0 Å². The Kier molecular flexibility index (Phi) is 6.30. The molecule has 0 spiro atoms. The van der Waals surface area contributed by atoms with Crippen molar-refractivity contribution < 1.29 is 9.53 Å². The molecule has 0 aromatic rings. The topological polar surface area (TPSA) is 50.4 Å². The van der Waals surface area contributed by atoms with Gasteiger partial charge in [0.1, 0.15) is 0 Å². The monoisotopic (exact) mass is 282 g/mol. The van der Waals surface area contributed by atoms with Crippen LogP contribution < -0.4 is 10.6 Å². The molecule has 20 heavy (non-hydrogen) atoms. The molecule has 116 valence electrons. The zero-order valence-electron chi connectivity index (χ0n) is 13.0. The summed E-state index contributed by atoms with van der Waals surface area (Å²) in [6.45, 7) is 2.79. The highest BCUT2D eigenvalue weighted by Gasteiger charge is 2.38. The summed E-state index contributed by atoms with van der Waals surface area (Å²) in [5, 5.41) is 6.72. The minimum atomic E-state index is 0.0177. The van der Waals surface area contributed by atoms with Gasteiger partial charge in [0.2, 0.25) is 5.91 Å². The number of ether oxygens (including phenoxy) is 1. The fraction of sp³-hybridized carbons (Fsp3) is 0.938. The van der Waals surface area contributed by atoms with E-state index in [4.69, 9.17) is 4.74 Å². The normalized spacial score (nSPS) is 30.8. The number of hydrogen-bond donors (Lipinski definition) is 2. The lowest BCUT2D eigenvalue weighted by atomic mass is 9.85. The highest BCUT2D eigenvalue weighted by molar-refractivity contribution is 5.82. The fourth-order valence-corrected chi connectivity index (χ4v) is 3.67. The predicted octanol–water partition coefficient (Wildman–Crippen LogP) is 2.23. The van der Waals surface area contributed by atoms with Gasteiger partial charge in [-0.1, -0.05) is 32.6 Å². The summed E-state index contributed by atoms with van der Waals surface area (Å²) >= 11 is 0. The molecule has 0 aromatic carbocycles. The van der Waals surface area contributed by atoms with Crippen molar-refractivity contribution in [3.63, 3.8) is 0 Å². The Morgan fingerprint density at radius 1 is 1.40 bits per heavy atom. The van der Waals surface area contributed by atoms with Crippen LogP contribution in [-0.2, 0) is 9.53 Å². The fourth-order valence-electron chi connectivity index (χ4n) is 3.67. The number of unbranched alkanes of at least 4 members (excludes halogenated alkanes) is 1. The molecule has 4 heteroatoms. The second-order valence-electron chi connectivity index (χ2n) is 6.41. The Bertz CT molecular complexity index is 295. The van der Waals surface area contributed by atoms with Gasteiger partial charge >= 0.3 is 0 Å². The minimum Gasteiger partial charge on any atom is -0.383 e. The first-order valence-electron chi connectivity index (χ1n) is 8.30. The Labute approximate surface area is 123 Å². The van der Waals surface area contributed by atoms with E-state index in [9.17, 15) is 4.79 Å². The van der Waals surface area contributed by atoms with E-state index in [2.05, 4.69) is 17.6 Å². The average Bonchev–Trinajstić information content (AvgIpc) is 2.89. The summed E-state index contributed by atoms with van der Waals surface area (Å²) in [6.07, 6.45) is 9.50. The maximum atomic E-state index is 12.4. The second-order valence-corrected chi connectivity index (χ2v) is 6.41. The number of methoxy groups -OCH3 is 1. The average molecular weight is 282 g/mol. The maximum absolute atomic E-state index is 12.4. The number of amides is 1. The molecule has 2 rings (SSSR count). The summed E-state index contributed by atoms with van der Waals surface area (Å²) in [5.74, 6) is 0.897. The van der Waals surface area contributed by atoms with Crippen molar-refractivity contribution >= 4 is 5.91 Å². The Morgan fingerprint density at radius 3 is 2.90 bits per heavy atom. The van der Waals surface area contributed by atoms with Crippen LogP contribution >= 0.6 is 0 Å². The van der Waals surface area contributed by atoms with Gasteiger partial charge in [0.25, 0.3) is 0 Å². The minimum absolute atomic E-state index is 0.0177. The summed E-state index contributed by atoms with van der Waals surface area (Å²) in [7, 11) is 1.70. The summed E-state index contributed by atoms with van der Waals surface area (Å²) in [5.41, 5.74) is 0. The number of carbonyl (C=O) groups excluding carboxylic acids is 1. The van der Waals surface area contributed by atoms with E-state index in [1.54, 1.807) is 7.11 Å². The van der Waals surface area contributed by atoms with Crippen LogP contribution in [0, 0.1) is 5.92 Å². The van der Waals surface area contributed by atoms with Crippen LogP contribution in [0.15, 0.2) is 0 Å². The number of nitrogens with one attached hydrogen (secondary N) is 2. The molecule has 1 aliphatic carbocycles. The molecule has 4 atom stereocenters. The molecule has 1 aliphatic heterocycles. The van der Waals surface area contributed by atoms with Crippen LogP contribution in [0.1, 0.15) is 58.3 Å². The van der Waals surface area contributed by atoms with Gasteiger partial charge in [-0.3, -0.25) is 4.79 Å². The zero-order valence-corrected chi connectivity index (χ0v) is 13.0. The highest BCUT2D eigenvalue weighted by atomic mass is 16.5. The third-order valence-corrected chi connectivity index (χ3v) is 4.80. The van der Waals surface area contributed by atoms with Crippen LogP contribution in [0.3, 0.4) is 0 Å². The molecule has 1 amide bonds. The van der Waals surface area contributed by atoms with Crippen LogP contribution in [0.2, 0.25) is 0 Å². The van der Waals surface area contributed by atoms with Gasteiger partial charge in [-0.15, -0.1) is 0 Å². The Morgan fingerprint density at radius 2 is 2.20 bits per heavy atom. The van der Waals surface area contributed by atoms with Crippen molar-refractivity contribution in [2.45, 2.75) is 76.4 Å². The number of rotatable bonds is 7. The molecule has 2 aliphatic rings. The molecule has 1 saturated heterocycles. The lowest BCUT2D eigenvalue weighted by Gasteiger charge is -2.24. The van der Waals surface area contributed by atoms with Gasteiger partial charge in [0.15, 0.2) is 0 Å². The lowest BCUT2D eigenvalue weighted by molar-refractivity contribution is -0.124. The third-order valence-electron chi connectivity index (χ3n) is 4.80. The SMILES string of the molecule is CCCCC(COC)NC(=O)C1CC2CCCCC2N1. The maximum Gasteiger partial charge on any atom is 0.237 e. The third kappa shape index (κ3) is 4.19. The number of hydrogen-bond acceptors (Lipinski definition) is 3. The summed E-state index contributed by atoms with van der Waals surface area (Å²) < 4.78 is 5.22. The standard InChI is InChI=1S/C16H30N2O2/c1-3-4-8-13(11-20-2)17-16(19)15-10-12-7-5-6-9-14(12)18-15/h12-15,18H,3-11H2,1-2H3,(H,17,19). The second kappa shape index (κ2) is 7.99. The Balaban J connectivity index is 1.80. The van der Waals surface area contributed by atoms with Gasteiger partial charge in [-0.25, -0.2) is 0 Å². The van der Waals surface area contributed by atoms with Crippen molar-refractivity contribution in [2.24, 2.45) is 5.92 Å².